The van der Waals surface area contributed by atoms with E-state index < -0.39 is 0 Å². The third-order valence-corrected chi connectivity index (χ3v) is 2.50. The molecule has 2 heteroatoms. The molecular formula is C20H40N2. The minimum Gasteiger partial charge on any atom is -0.357 e. The van der Waals surface area contributed by atoms with Crippen LogP contribution < -0.4 is 0 Å². The molecule has 2 rings (SSSR count). The Morgan fingerprint density at radius 3 is 1.27 bits per heavy atom. The third kappa shape index (κ3) is 13.5. The molecule has 0 spiro atoms. The van der Waals surface area contributed by atoms with E-state index in [-0.39, 0.29) is 0 Å². The minimum atomic E-state index is 0.659. The van der Waals surface area contributed by atoms with Crippen molar-refractivity contribution in [3.05, 3.63) is 48.0 Å². The summed E-state index contributed by atoms with van der Waals surface area (Å²) in [5.74, 6) is 0.659. The summed E-state index contributed by atoms with van der Waals surface area (Å²) in [7, 11) is 4.07. The van der Waals surface area contributed by atoms with Gasteiger partial charge >= 0.3 is 0 Å². The Bertz CT molecular complexity index is 406. The number of nitrogens with zero attached hydrogens (tertiary/aromatic N) is 2. The summed E-state index contributed by atoms with van der Waals surface area (Å²) in [6, 6.07) is 4.24. The van der Waals surface area contributed by atoms with Gasteiger partial charge in [-0.25, -0.2) is 0 Å². The first-order valence-corrected chi connectivity index (χ1v) is 8.69. The van der Waals surface area contributed by atoms with Crippen LogP contribution in [0.25, 0.3) is 0 Å². The van der Waals surface area contributed by atoms with Crippen molar-refractivity contribution >= 4 is 0 Å². The first-order valence-electron chi connectivity index (χ1n) is 8.69. The normalized spacial score (nSPS) is 8.18. The molecule has 2 nitrogen and oxygen atoms in total. The maximum absolute atomic E-state index is 2.20. The Kier molecular flexibility index (Phi) is 20.4. The molecule has 0 N–H and O–H groups in total. The van der Waals surface area contributed by atoms with Crippen LogP contribution in [-0.4, -0.2) is 9.13 Å². The molecule has 0 fully saturated rings. The van der Waals surface area contributed by atoms with Gasteiger partial charge in [-0.1, -0.05) is 55.4 Å². The zero-order valence-electron chi connectivity index (χ0n) is 16.9. The average molecular weight is 309 g/mol. The van der Waals surface area contributed by atoms with Crippen LogP contribution in [0.3, 0.4) is 0 Å². The van der Waals surface area contributed by atoms with Crippen molar-refractivity contribution in [1.29, 1.82) is 0 Å². The molecule has 0 unspecified atom stereocenters. The van der Waals surface area contributed by atoms with Gasteiger partial charge in [-0.2, -0.15) is 0 Å². The van der Waals surface area contributed by atoms with Gasteiger partial charge in [-0.05, 0) is 36.1 Å². The number of aryl methyl sites for hydroxylation is 3. The number of hydrogen-bond acceptors (Lipinski definition) is 0. The number of rotatable bonds is 1. The fourth-order valence-corrected chi connectivity index (χ4v) is 1.51. The lowest BCUT2D eigenvalue weighted by Gasteiger charge is -1.97. The maximum Gasteiger partial charge on any atom is 0.0106 e. The van der Waals surface area contributed by atoms with Crippen molar-refractivity contribution < 1.29 is 0 Å². The zero-order valence-corrected chi connectivity index (χ0v) is 16.9. The summed E-state index contributed by atoms with van der Waals surface area (Å²) in [6.07, 6.45) is 8.36. The van der Waals surface area contributed by atoms with Crippen molar-refractivity contribution in [2.75, 3.05) is 0 Å². The second kappa shape index (κ2) is 17.6. The summed E-state index contributed by atoms with van der Waals surface area (Å²) in [6.45, 7) is 18.5. The molecule has 0 aromatic carbocycles. The Morgan fingerprint density at radius 2 is 1.14 bits per heavy atom. The third-order valence-electron chi connectivity index (χ3n) is 2.50. The highest BCUT2D eigenvalue weighted by molar-refractivity contribution is 5.13. The molecule has 0 radical (unpaired) electrons. The van der Waals surface area contributed by atoms with E-state index in [2.05, 4.69) is 56.1 Å². The van der Waals surface area contributed by atoms with E-state index in [0.717, 1.165) is 0 Å². The van der Waals surface area contributed by atoms with Crippen molar-refractivity contribution in [3.63, 3.8) is 0 Å². The van der Waals surface area contributed by atoms with Gasteiger partial charge in [-0.15, -0.1) is 0 Å². The van der Waals surface area contributed by atoms with E-state index in [4.69, 9.17) is 0 Å². The van der Waals surface area contributed by atoms with E-state index in [9.17, 15) is 0 Å². The van der Waals surface area contributed by atoms with Crippen LogP contribution in [0.15, 0.2) is 36.9 Å². The predicted octanol–water partition coefficient (Wildman–Crippen LogP) is 6.56. The van der Waals surface area contributed by atoms with E-state index in [1.165, 1.54) is 11.1 Å². The average Bonchev–Trinajstić information content (AvgIpc) is 3.14. The largest absolute Gasteiger partial charge is 0.357 e. The highest BCUT2D eigenvalue weighted by Gasteiger charge is 1.97. The molecule has 2 aromatic heterocycles. The SMILES string of the molecule is CC.CC.CC.CC(C)c1ccn(C)c1.Cc1ccn(C)c1. The Hall–Kier alpha value is -1.44. The standard InChI is InChI=1S/C8H13N.C6H9N.3C2H6/c1-7(2)8-4-5-9(3)6-8;1-6-3-4-7(2)5-6;3*1-2/h4-7H,1-3H3;3-5H,1-2H3;3*1-2H3. The van der Waals surface area contributed by atoms with Crippen LogP contribution in [0.4, 0.5) is 0 Å². The molecule has 0 saturated carbocycles. The first kappa shape index (κ1) is 25.5. The molecular weight excluding hydrogens is 268 g/mol. The van der Waals surface area contributed by atoms with Crippen LogP contribution in [0.1, 0.15) is 72.4 Å². The summed E-state index contributed by atoms with van der Waals surface area (Å²) in [5.41, 5.74) is 2.74. The van der Waals surface area contributed by atoms with Crippen molar-refractivity contribution in [2.24, 2.45) is 14.1 Å². The molecule has 0 bridgehead atoms. The quantitative estimate of drug-likeness (QED) is 0.564. The summed E-state index contributed by atoms with van der Waals surface area (Å²) >= 11 is 0. The van der Waals surface area contributed by atoms with E-state index in [1.807, 2.05) is 66.4 Å². The predicted molar refractivity (Wildman–Crippen MR) is 104 cm³/mol. The first-order chi connectivity index (χ1) is 10.5. The van der Waals surface area contributed by atoms with Crippen molar-refractivity contribution in [1.82, 2.24) is 9.13 Å². The zero-order chi connectivity index (χ0) is 18.1. The summed E-state index contributed by atoms with van der Waals surface area (Å²) in [5, 5.41) is 0. The van der Waals surface area contributed by atoms with Gasteiger partial charge in [0.15, 0.2) is 0 Å². The minimum absolute atomic E-state index is 0.659. The second-order valence-electron chi connectivity index (χ2n) is 4.62. The molecule has 0 amide bonds. The Balaban J connectivity index is -0.000000249. The Labute approximate surface area is 140 Å². The highest BCUT2D eigenvalue weighted by Crippen LogP contribution is 2.12. The lowest BCUT2D eigenvalue weighted by Crippen LogP contribution is -1.83. The number of aromatic nitrogens is 2. The van der Waals surface area contributed by atoms with Crippen LogP contribution in [0.5, 0.6) is 0 Å². The van der Waals surface area contributed by atoms with E-state index in [1.54, 1.807) is 0 Å². The smallest absolute Gasteiger partial charge is 0.0106 e. The topological polar surface area (TPSA) is 9.86 Å². The number of hydrogen-bond donors (Lipinski definition) is 0. The van der Waals surface area contributed by atoms with Crippen LogP contribution in [0, 0.1) is 6.92 Å². The molecule has 2 aromatic rings. The molecule has 0 saturated heterocycles. The summed E-state index contributed by atoms with van der Waals surface area (Å²) in [4.78, 5) is 0. The van der Waals surface area contributed by atoms with Crippen LogP contribution >= 0.6 is 0 Å². The van der Waals surface area contributed by atoms with E-state index in [0.29, 0.717) is 5.92 Å². The lowest BCUT2D eigenvalue weighted by molar-refractivity contribution is 0.849. The summed E-state index contributed by atoms with van der Waals surface area (Å²) < 4.78 is 4.12. The fraction of sp³-hybridized carbons (Fsp3) is 0.600. The lowest BCUT2D eigenvalue weighted by atomic mass is 10.1. The van der Waals surface area contributed by atoms with Gasteiger partial charge in [0, 0.05) is 38.9 Å². The van der Waals surface area contributed by atoms with Crippen LogP contribution in [0.2, 0.25) is 0 Å². The van der Waals surface area contributed by atoms with Gasteiger partial charge in [0.1, 0.15) is 0 Å². The second-order valence-corrected chi connectivity index (χ2v) is 4.62. The fourth-order valence-electron chi connectivity index (χ4n) is 1.51. The monoisotopic (exact) mass is 308 g/mol. The van der Waals surface area contributed by atoms with E-state index >= 15 is 0 Å². The molecule has 22 heavy (non-hydrogen) atoms. The molecule has 0 aliphatic rings. The highest BCUT2D eigenvalue weighted by atomic mass is 14.9. The van der Waals surface area contributed by atoms with Gasteiger partial charge in [0.05, 0.1) is 0 Å². The van der Waals surface area contributed by atoms with Gasteiger partial charge in [0.25, 0.3) is 0 Å². The molecule has 0 aliphatic heterocycles. The van der Waals surface area contributed by atoms with Crippen LogP contribution in [-0.2, 0) is 14.1 Å². The van der Waals surface area contributed by atoms with Gasteiger partial charge in [0.2, 0.25) is 0 Å². The van der Waals surface area contributed by atoms with Gasteiger partial charge in [-0.3, -0.25) is 0 Å². The molecule has 2 heterocycles. The molecule has 0 atom stereocenters. The van der Waals surface area contributed by atoms with Gasteiger partial charge < -0.3 is 9.13 Å². The maximum atomic E-state index is 2.20. The molecule has 0 aliphatic carbocycles. The molecule has 130 valence electrons. The Morgan fingerprint density at radius 1 is 0.727 bits per heavy atom. The van der Waals surface area contributed by atoms with Crippen molar-refractivity contribution in [3.8, 4) is 0 Å². The van der Waals surface area contributed by atoms with Crippen molar-refractivity contribution in [2.45, 2.75) is 68.2 Å².